The molecule has 0 atom stereocenters. The number of morpholine rings is 1. The van der Waals surface area contributed by atoms with Crippen LogP contribution >= 0.6 is 43.2 Å². The molecule has 2 aromatic heterocycles. The van der Waals surface area contributed by atoms with Crippen LogP contribution in [0.2, 0.25) is 0 Å². The maximum Gasteiger partial charge on any atom is 0.128 e. The van der Waals surface area contributed by atoms with Crippen molar-refractivity contribution in [1.29, 1.82) is 0 Å². The van der Waals surface area contributed by atoms with Crippen LogP contribution in [0.15, 0.2) is 32.7 Å². The van der Waals surface area contributed by atoms with Crippen LogP contribution in [0.4, 0.5) is 11.5 Å². The number of aromatic nitrogens is 1. The van der Waals surface area contributed by atoms with Gasteiger partial charge >= 0.3 is 0 Å². The first kappa shape index (κ1) is 15.3. The van der Waals surface area contributed by atoms with E-state index in [0.29, 0.717) is 0 Å². The largest absolute Gasteiger partial charge is 0.379 e. The second kappa shape index (κ2) is 7.09. The quantitative estimate of drug-likeness (QED) is 0.788. The molecule has 3 heterocycles. The molecule has 1 fully saturated rings. The van der Waals surface area contributed by atoms with Crippen LogP contribution in [-0.2, 0) is 11.3 Å². The molecule has 0 aliphatic carbocycles. The van der Waals surface area contributed by atoms with Crippen LogP contribution in [0, 0.1) is 0 Å². The number of hydrogen-bond acceptors (Lipinski definition) is 5. The van der Waals surface area contributed by atoms with E-state index in [1.165, 1.54) is 4.88 Å². The van der Waals surface area contributed by atoms with Crippen molar-refractivity contribution in [3.8, 4) is 0 Å². The Bertz CT molecular complexity index is 577. The van der Waals surface area contributed by atoms with Crippen molar-refractivity contribution in [2.45, 2.75) is 6.54 Å². The second-order valence-electron chi connectivity index (χ2n) is 4.69. The van der Waals surface area contributed by atoms with Crippen LogP contribution in [0.5, 0.6) is 0 Å². The lowest BCUT2D eigenvalue weighted by molar-refractivity contribution is 0.122. The van der Waals surface area contributed by atoms with Gasteiger partial charge in [-0.1, -0.05) is 0 Å². The lowest BCUT2D eigenvalue weighted by Gasteiger charge is -2.27. The van der Waals surface area contributed by atoms with E-state index in [4.69, 9.17) is 4.74 Å². The normalized spacial score (nSPS) is 15.2. The van der Waals surface area contributed by atoms with Crippen molar-refractivity contribution in [3.63, 3.8) is 0 Å². The minimum absolute atomic E-state index is 0.782. The Hall–Kier alpha value is -0.630. The van der Waals surface area contributed by atoms with Crippen molar-refractivity contribution in [2.75, 3.05) is 36.5 Å². The van der Waals surface area contributed by atoms with Gasteiger partial charge < -0.3 is 15.0 Å². The molecule has 0 radical (unpaired) electrons. The maximum atomic E-state index is 5.36. The molecule has 0 saturated carbocycles. The first-order valence-electron chi connectivity index (χ1n) is 6.69. The summed E-state index contributed by atoms with van der Waals surface area (Å²) >= 11 is 8.74. The number of thiophene rings is 1. The smallest absolute Gasteiger partial charge is 0.128 e. The third kappa shape index (κ3) is 3.97. The molecule has 0 bridgehead atoms. The van der Waals surface area contributed by atoms with Gasteiger partial charge in [0.2, 0.25) is 0 Å². The molecule has 1 aliphatic heterocycles. The zero-order valence-corrected chi connectivity index (χ0v) is 15.3. The highest BCUT2D eigenvalue weighted by molar-refractivity contribution is 9.13. The van der Waals surface area contributed by atoms with E-state index in [9.17, 15) is 0 Å². The molecule has 0 amide bonds. The zero-order valence-electron chi connectivity index (χ0n) is 11.3. The Balaban J connectivity index is 1.59. The lowest BCUT2D eigenvalue weighted by Crippen LogP contribution is -2.36. The molecule has 4 nitrogen and oxygen atoms in total. The van der Waals surface area contributed by atoms with E-state index in [-0.39, 0.29) is 0 Å². The lowest BCUT2D eigenvalue weighted by atomic mass is 10.3. The Labute approximate surface area is 144 Å². The van der Waals surface area contributed by atoms with Crippen molar-refractivity contribution < 1.29 is 4.74 Å². The van der Waals surface area contributed by atoms with E-state index in [1.807, 2.05) is 6.20 Å². The number of nitrogens with zero attached hydrogens (tertiary/aromatic N) is 2. The average molecular weight is 433 g/mol. The van der Waals surface area contributed by atoms with E-state index in [0.717, 1.165) is 52.6 Å². The molecule has 112 valence electrons. The molecule has 0 aromatic carbocycles. The van der Waals surface area contributed by atoms with Gasteiger partial charge in [0.25, 0.3) is 0 Å². The summed E-state index contributed by atoms with van der Waals surface area (Å²) in [4.78, 5) is 8.05. The second-order valence-corrected chi connectivity index (χ2v) is 8.00. The summed E-state index contributed by atoms with van der Waals surface area (Å²) < 4.78 is 7.58. The summed E-state index contributed by atoms with van der Waals surface area (Å²) in [5.41, 5.74) is 1.03. The molecular weight excluding hydrogens is 418 g/mol. The van der Waals surface area contributed by atoms with E-state index in [2.05, 4.69) is 65.3 Å². The fourth-order valence-corrected chi connectivity index (χ4v) is 4.25. The summed E-state index contributed by atoms with van der Waals surface area (Å²) in [7, 11) is 0. The van der Waals surface area contributed by atoms with Gasteiger partial charge in [-0.2, -0.15) is 0 Å². The number of pyridine rings is 1. The van der Waals surface area contributed by atoms with E-state index in [1.54, 1.807) is 11.3 Å². The number of ether oxygens (including phenoxy) is 1. The van der Waals surface area contributed by atoms with E-state index >= 15 is 0 Å². The van der Waals surface area contributed by atoms with Gasteiger partial charge in [0.05, 0.1) is 28.9 Å². The molecule has 3 rings (SSSR count). The molecule has 0 unspecified atom stereocenters. The van der Waals surface area contributed by atoms with Crippen LogP contribution in [-0.4, -0.2) is 31.3 Å². The van der Waals surface area contributed by atoms with Gasteiger partial charge in [0.1, 0.15) is 5.82 Å². The standard InChI is InChI=1S/C14H15Br2N3OS/c15-12-7-11(21-14(12)16)9-17-10-1-2-13(18-8-10)19-3-5-20-6-4-19/h1-2,7-8,17H,3-6,9H2. The summed E-state index contributed by atoms with van der Waals surface area (Å²) in [6.07, 6.45) is 1.89. The topological polar surface area (TPSA) is 37.4 Å². The number of rotatable bonds is 4. The number of anilines is 2. The third-order valence-corrected chi connectivity index (χ3v) is 6.50. The Morgan fingerprint density at radius 1 is 1.29 bits per heavy atom. The highest BCUT2D eigenvalue weighted by Gasteiger charge is 2.12. The van der Waals surface area contributed by atoms with Crippen LogP contribution in [0.3, 0.4) is 0 Å². The minimum atomic E-state index is 0.782. The molecule has 2 aromatic rings. The summed E-state index contributed by atoms with van der Waals surface area (Å²) in [6, 6.07) is 6.26. The van der Waals surface area contributed by atoms with Crippen molar-refractivity contribution in [1.82, 2.24) is 4.98 Å². The van der Waals surface area contributed by atoms with Gasteiger partial charge in [-0.3, -0.25) is 0 Å². The van der Waals surface area contributed by atoms with Crippen LogP contribution in [0.25, 0.3) is 0 Å². The molecule has 1 N–H and O–H groups in total. The van der Waals surface area contributed by atoms with E-state index < -0.39 is 0 Å². The summed E-state index contributed by atoms with van der Waals surface area (Å²) in [5.74, 6) is 1.02. The monoisotopic (exact) mass is 431 g/mol. The van der Waals surface area contributed by atoms with Crippen LogP contribution in [0.1, 0.15) is 4.88 Å². The minimum Gasteiger partial charge on any atom is -0.379 e. The number of nitrogens with one attached hydrogen (secondary N) is 1. The highest BCUT2D eigenvalue weighted by Crippen LogP contribution is 2.32. The molecule has 7 heteroatoms. The van der Waals surface area contributed by atoms with Crippen molar-refractivity contribution in [2.24, 2.45) is 0 Å². The van der Waals surface area contributed by atoms with Gasteiger partial charge in [-0.05, 0) is 50.1 Å². The number of halogens is 2. The fraction of sp³-hybridized carbons (Fsp3) is 0.357. The zero-order chi connectivity index (χ0) is 14.7. The van der Waals surface area contributed by atoms with Gasteiger partial charge in [0, 0.05) is 29.0 Å². The molecule has 1 saturated heterocycles. The molecular formula is C14H15Br2N3OS. The highest BCUT2D eigenvalue weighted by atomic mass is 79.9. The Kier molecular flexibility index (Phi) is 5.15. The summed E-state index contributed by atoms with van der Waals surface area (Å²) in [5, 5.41) is 3.39. The average Bonchev–Trinajstić information content (AvgIpc) is 2.85. The first-order valence-corrected chi connectivity index (χ1v) is 9.09. The van der Waals surface area contributed by atoms with Crippen LogP contribution < -0.4 is 10.2 Å². The Morgan fingerprint density at radius 2 is 2.10 bits per heavy atom. The number of hydrogen-bond donors (Lipinski definition) is 1. The predicted molar refractivity (Wildman–Crippen MR) is 94.3 cm³/mol. The predicted octanol–water partition coefficient (Wildman–Crippen LogP) is 4.12. The first-order chi connectivity index (χ1) is 10.2. The molecule has 1 aliphatic rings. The molecule has 0 spiro atoms. The fourth-order valence-electron chi connectivity index (χ4n) is 2.14. The third-order valence-electron chi connectivity index (χ3n) is 3.25. The Morgan fingerprint density at radius 3 is 2.71 bits per heavy atom. The SMILES string of the molecule is Brc1cc(CNc2ccc(N3CCOCC3)nc2)sc1Br. The van der Waals surface area contributed by atoms with Crippen molar-refractivity contribution in [3.05, 3.63) is 37.5 Å². The molecule has 21 heavy (non-hydrogen) atoms. The maximum absolute atomic E-state index is 5.36. The van der Waals surface area contributed by atoms with Gasteiger partial charge in [0.15, 0.2) is 0 Å². The van der Waals surface area contributed by atoms with Crippen molar-refractivity contribution >= 4 is 54.7 Å². The summed E-state index contributed by atoms with van der Waals surface area (Å²) in [6.45, 7) is 4.19. The van der Waals surface area contributed by atoms with Gasteiger partial charge in [-0.25, -0.2) is 4.98 Å². The van der Waals surface area contributed by atoms with Gasteiger partial charge in [-0.15, -0.1) is 11.3 Å².